The van der Waals surface area contributed by atoms with Crippen LogP contribution in [-0.4, -0.2) is 29.5 Å². The van der Waals surface area contributed by atoms with E-state index in [1.165, 1.54) is 12.1 Å². The summed E-state index contributed by atoms with van der Waals surface area (Å²) in [6, 6.07) is 6.60. The molecular weight excluding hydrogens is 258 g/mol. The molecule has 2 unspecified atom stereocenters. The molecule has 6 heteroatoms. The Morgan fingerprint density at radius 3 is 3.05 bits per heavy atom. The maximum atomic E-state index is 12.0. The molecule has 1 saturated heterocycles. The second-order valence-electron chi connectivity index (χ2n) is 5.16. The molecule has 0 bridgehead atoms. The summed E-state index contributed by atoms with van der Waals surface area (Å²) >= 11 is 0. The van der Waals surface area contributed by atoms with Gasteiger partial charge in [-0.25, -0.2) is 0 Å². The number of non-ortho nitro benzene ring substituents is 1. The van der Waals surface area contributed by atoms with Crippen LogP contribution >= 0.6 is 0 Å². The SMILES string of the molecule is CC1NCCCC1NC(=O)Cc1cccc([N+](=O)[O-])c1. The van der Waals surface area contributed by atoms with E-state index in [2.05, 4.69) is 17.6 Å². The minimum Gasteiger partial charge on any atom is -0.352 e. The van der Waals surface area contributed by atoms with Crippen LogP contribution in [0.15, 0.2) is 24.3 Å². The van der Waals surface area contributed by atoms with E-state index in [9.17, 15) is 14.9 Å². The fourth-order valence-electron chi connectivity index (χ4n) is 2.46. The molecule has 2 atom stereocenters. The molecule has 1 aliphatic heterocycles. The smallest absolute Gasteiger partial charge is 0.269 e. The number of nitrogens with zero attached hydrogens (tertiary/aromatic N) is 1. The monoisotopic (exact) mass is 277 g/mol. The van der Waals surface area contributed by atoms with Gasteiger partial charge in [0.1, 0.15) is 0 Å². The fraction of sp³-hybridized carbons (Fsp3) is 0.500. The van der Waals surface area contributed by atoms with E-state index in [1.54, 1.807) is 12.1 Å². The Bertz CT molecular complexity index is 504. The standard InChI is InChI=1S/C14H19N3O3/c1-10-13(6-3-7-15-10)16-14(18)9-11-4-2-5-12(8-11)17(19)20/h2,4-5,8,10,13,15H,3,6-7,9H2,1H3,(H,16,18). The second-order valence-corrected chi connectivity index (χ2v) is 5.16. The zero-order valence-electron chi connectivity index (χ0n) is 11.5. The van der Waals surface area contributed by atoms with Crippen LogP contribution in [0.5, 0.6) is 0 Å². The molecule has 1 aromatic carbocycles. The van der Waals surface area contributed by atoms with E-state index in [0.717, 1.165) is 19.4 Å². The molecule has 0 spiro atoms. The van der Waals surface area contributed by atoms with Gasteiger partial charge >= 0.3 is 0 Å². The van der Waals surface area contributed by atoms with Crippen molar-refractivity contribution in [2.45, 2.75) is 38.3 Å². The summed E-state index contributed by atoms with van der Waals surface area (Å²) in [5.74, 6) is -0.0916. The third kappa shape index (κ3) is 3.77. The lowest BCUT2D eigenvalue weighted by Crippen LogP contribution is -2.52. The number of hydrogen-bond donors (Lipinski definition) is 2. The molecule has 1 aliphatic rings. The van der Waals surface area contributed by atoms with Gasteiger partial charge in [0.15, 0.2) is 0 Å². The van der Waals surface area contributed by atoms with Crippen LogP contribution in [0.25, 0.3) is 0 Å². The largest absolute Gasteiger partial charge is 0.352 e. The summed E-state index contributed by atoms with van der Waals surface area (Å²) in [7, 11) is 0. The molecule has 0 radical (unpaired) electrons. The normalized spacial score (nSPS) is 22.2. The van der Waals surface area contributed by atoms with Gasteiger partial charge in [-0.2, -0.15) is 0 Å². The van der Waals surface area contributed by atoms with Crippen LogP contribution in [0.1, 0.15) is 25.3 Å². The van der Waals surface area contributed by atoms with Crippen LogP contribution in [0.3, 0.4) is 0 Å². The van der Waals surface area contributed by atoms with Crippen molar-refractivity contribution in [2.75, 3.05) is 6.54 Å². The number of nitrogens with one attached hydrogen (secondary N) is 2. The number of nitro benzene ring substituents is 1. The van der Waals surface area contributed by atoms with Crippen LogP contribution < -0.4 is 10.6 Å². The third-order valence-electron chi connectivity index (χ3n) is 3.59. The van der Waals surface area contributed by atoms with E-state index in [-0.39, 0.29) is 30.1 Å². The summed E-state index contributed by atoms with van der Waals surface area (Å²) in [4.78, 5) is 22.2. The highest BCUT2D eigenvalue weighted by Crippen LogP contribution is 2.14. The topological polar surface area (TPSA) is 84.3 Å². The van der Waals surface area contributed by atoms with Crippen LogP contribution in [0.4, 0.5) is 5.69 Å². The zero-order chi connectivity index (χ0) is 14.5. The molecule has 6 nitrogen and oxygen atoms in total. The summed E-state index contributed by atoms with van der Waals surface area (Å²) in [6.07, 6.45) is 2.19. The van der Waals surface area contributed by atoms with Crippen molar-refractivity contribution in [3.8, 4) is 0 Å². The van der Waals surface area contributed by atoms with Crippen molar-refractivity contribution in [3.63, 3.8) is 0 Å². The molecule has 108 valence electrons. The Hall–Kier alpha value is -1.95. The average molecular weight is 277 g/mol. The Morgan fingerprint density at radius 2 is 2.35 bits per heavy atom. The summed E-state index contributed by atoms with van der Waals surface area (Å²) in [5, 5.41) is 17.0. The number of hydrogen-bond acceptors (Lipinski definition) is 4. The molecule has 2 rings (SSSR count). The highest BCUT2D eigenvalue weighted by Gasteiger charge is 2.22. The first-order valence-electron chi connectivity index (χ1n) is 6.82. The second kappa shape index (κ2) is 6.47. The van der Waals surface area contributed by atoms with Crippen LogP contribution in [0, 0.1) is 10.1 Å². The first kappa shape index (κ1) is 14.5. The van der Waals surface area contributed by atoms with Crippen LogP contribution in [-0.2, 0) is 11.2 Å². The Morgan fingerprint density at radius 1 is 1.55 bits per heavy atom. The van der Waals surface area contributed by atoms with Crippen LogP contribution in [0.2, 0.25) is 0 Å². The number of rotatable bonds is 4. The van der Waals surface area contributed by atoms with E-state index in [0.29, 0.717) is 5.56 Å². The van der Waals surface area contributed by atoms with Crippen molar-refractivity contribution in [3.05, 3.63) is 39.9 Å². The number of amides is 1. The maximum absolute atomic E-state index is 12.0. The number of piperidine rings is 1. The lowest BCUT2D eigenvalue weighted by atomic mass is 9.99. The Labute approximate surface area is 117 Å². The highest BCUT2D eigenvalue weighted by molar-refractivity contribution is 5.79. The lowest BCUT2D eigenvalue weighted by molar-refractivity contribution is -0.384. The summed E-state index contributed by atoms with van der Waals surface area (Å²) in [6.45, 7) is 3.04. The highest BCUT2D eigenvalue weighted by atomic mass is 16.6. The number of benzene rings is 1. The molecule has 20 heavy (non-hydrogen) atoms. The third-order valence-corrected chi connectivity index (χ3v) is 3.59. The van der Waals surface area contributed by atoms with Gasteiger partial charge in [0, 0.05) is 24.2 Å². The van der Waals surface area contributed by atoms with Gasteiger partial charge in [-0.3, -0.25) is 14.9 Å². The quantitative estimate of drug-likeness (QED) is 0.643. The van der Waals surface area contributed by atoms with E-state index in [4.69, 9.17) is 0 Å². The molecule has 1 heterocycles. The van der Waals surface area contributed by atoms with Gasteiger partial charge < -0.3 is 10.6 Å². The Balaban J connectivity index is 1.94. The van der Waals surface area contributed by atoms with Crippen molar-refractivity contribution in [2.24, 2.45) is 0 Å². The molecule has 0 aliphatic carbocycles. The fourth-order valence-corrected chi connectivity index (χ4v) is 2.46. The molecule has 1 fully saturated rings. The zero-order valence-corrected chi connectivity index (χ0v) is 11.5. The lowest BCUT2D eigenvalue weighted by Gasteiger charge is -2.30. The molecule has 0 aromatic heterocycles. The van der Waals surface area contributed by atoms with Crippen molar-refractivity contribution in [1.82, 2.24) is 10.6 Å². The van der Waals surface area contributed by atoms with E-state index < -0.39 is 4.92 Å². The number of carbonyl (C=O) groups is 1. The Kier molecular flexibility index (Phi) is 4.68. The molecule has 2 N–H and O–H groups in total. The predicted molar refractivity (Wildman–Crippen MR) is 75.4 cm³/mol. The number of nitro groups is 1. The summed E-state index contributed by atoms with van der Waals surface area (Å²) in [5.41, 5.74) is 0.677. The molecule has 0 saturated carbocycles. The average Bonchev–Trinajstić information content (AvgIpc) is 2.41. The minimum absolute atomic E-state index is 0.0167. The maximum Gasteiger partial charge on any atom is 0.269 e. The minimum atomic E-state index is -0.450. The first-order valence-corrected chi connectivity index (χ1v) is 6.82. The van der Waals surface area contributed by atoms with Gasteiger partial charge in [-0.05, 0) is 31.9 Å². The first-order chi connectivity index (χ1) is 9.56. The number of carbonyl (C=O) groups excluding carboxylic acids is 1. The van der Waals surface area contributed by atoms with E-state index in [1.807, 2.05) is 0 Å². The van der Waals surface area contributed by atoms with Gasteiger partial charge in [0.25, 0.3) is 5.69 Å². The van der Waals surface area contributed by atoms with Gasteiger partial charge in [0.2, 0.25) is 5.91 Å². The molecule has 1 amide bonds. The van der Waals surface area contributed by atoms with Gasteiger partial charge in [-0.15, -0.1) is 0 Å². The summed E-state index contributed by atoms with van der Waals surface area (Å²) < 4.78 is 0. The van der Waals surface area contributed by atoms with E-state index >= 15 is 0 Å². The van der Waals surface area contributed by atoms with Gasteiger partial charge in [0.05, 0.1) is 11.3 Å². The van der Waals surface area contributed by atoms with Gasteiger partial charge in [-0.1, -0.05) is 12.1 Å². The van der Waals surface area contributed by atoms with Crippen molar-refractivity contribution in [1.29, 1.82) is 0 Å². The molecular formula is C14H19N3O3. The van der Waals surface area contributed by atoms with Crippen molar-refractivity contribution >= 4 is 11.6 Å². The predicted octanol–water partition coefficient (Wildman–Crippen LogP) is 1.39. The molecule has 1 aromatic rings. The van der Waals surface area contributed by atoms with Crippen molar-refractivity contribution < 1.29 is 9.72 Å².